The van der Waals surface area contributed by atoms with E-state index in [0.717, 1.165) is 26.2 Å². The van der Waals surface area contributed by atoms with E-state index in [1.807, 2.05) is 6.92 Å². The Morgan fingerprint density at radius 2 is 1.72 bits per heavy atom. The topological polar surface area (TPSA) is 96.9 Å². The van der Waals surface area contributed by atoms with Crippen LogP contribution >= 0.6 is 0 Å². The second kappa shape index (κ2) is 8.52. The van der Waals surface area contributed by atoms with Gasteiger partial charge in [-0.05, 0) is 62.2 Å². The van der Waals surface area contributed by atoms with Crippen LogP contribution in [0.25, 0.3) is 0 Å². The van der Waals surface area contributed by atoms with Crippen molar-refractivity contribution in [3.63, 3.8) is 0 Å². The molecule has 0 unspecified atom stereocenters. The number of carbonyl (C=O) groups excluding carboxylic acids is 1. The summed E-state index contributed by atoms with van der Waals surface area (Å²) in [6, 6.07) is 12.1. The Morgan fingerprint density at radius 3 is 2.31 bits per heavy atom. The molecule has 2 aromatic rings. The van der Waals surface area contributed by atoms with E-state index in [1.165, 1.54) is 33.8 Å². The molecule has 0 bridgehead atoms. The van der Waals surface area contributed by atoms with Crippen LogP contribution in [0.15, 0.2) is 47.4 Å². The second-order valence-corrected chi connectivity index (χ2v) is 9.21. The SMILES string of the molecule is Cc1cccc(N2CC[NH+]([C@@H](C)C(=O)Nc3ccc(S(N)(=O)=O)cc3)CC2)c1C. The third kappa shape index (κ3) is 4.95. The largest absolute Gasteiger partial charge is 0.360 e. The number of rotatable bonds is 5. The number of nitrogens with one attached hydrogen (secondary N) is 2. The van der Waals surface area contributed by atoms with Crippen LogP contribution in [-0.2, 0) is 14.8 Å². The molecule has 1 amide bonds. The lowest BCUT2D eigenvalue weighted by atomic mass is 10.1. The van der Waals surface area contributed by atoms with Crippen molar-refractivity contribution in [2.24, 2.45) is 5.14 Å². The van der Waals surface area contributed by atoms with Gasteiger partial charge in [0.25, 0.3) is 5.91 Å². The van der Waals surface area contributed by atoms with E-state index >= 15 is 0 Å². The number of primary sulfonamides is 1. The minimum absolute atomic E-state index is 0.0248. The number of sulfonamides is 1. The molecule has 156 valence electrons. The van der Waals surface area contributed by atoms with Gasteiger partial charge in [0.1, 0.15) is 0 Å². The molecular formula is C21H29N4O3S+. The molecule has 0 saturated carbocycles. The highest BCUT2D eigenvalue weighted by Crippen LogP contribution is 2.22. The van der Waals surface area contributed by atoms with Gasteiger partial charge in [-0.1, -0.05) is 12.1 Å². The molecule has 4 N–H and O–H groups in total. The molecule has 1 saturated heterocycles. The number of benzene rings is 2. The number of amides is 1. The Labute approximate surface area is 172 Å². The van der Waals surface area contributed by atoms with Crippen LogP contribution in [0.3, 0.4) is 0 Å². The summed E-state index contributed by atoms with van der Waals surface area (Å²) >= 11 is 0. The molecule has 1 aliphatic rings. The average Bonchev–Trinajstić information content (AvgIpc) is 2.69. The number of hydrogen-bond donors (Lipinski definition) is 3. The van der Waals surface area contributed by atoms with Gasteiger partial charge in [0, 0.05) is 11.4 Å². The molecule has 1 heterocycles. The Hall–Kier alpha value is -2.42. The van der Waals surface area contributed by atoms with Crippen molar-refractivity contribution in [2.45, 2.75) is 31.7 Å². The number of piperazine rings is 1. The number of hydrogen-bond acceptors (Lipinski definition) is 4. The van der Waals surface area contributed by atoms with Gasteiger partial charge < -0.3 is 15.1 Å². The highest BCUT2D eigenvalue weighted by Gasteiger charge is 2.29. The molecule has 1 atom stereocenters. The van der Waals surface area contributed by atoms with E-state index in [2.05, 4.69) is 42.3 Å². The summed E-state index contributed by atoms with van der Waals surface area (Å²) in [7, 11) is -3.74. The van der Waals surface area contributed by atoms with E-state index in [4.69, 9.17) is 5.14 Å². The fourth-order valence-electron chi connectivity index (χ4n) is 3.71. The van der Waals surface area contributed by atoms with Crippen molar-refractivity contribution < 1.29 is 18.1 Å². The normalized spacial score (nSPS) is 16.5. The molecule has 3 rings (SSSR count). The Morgan fingerprint density at radius 1 is 1.10 bits per heavy atom. The van der Waals surface area contributed by atoms with Gasteiger partial charge in [-0.25, -0.2) is 13.6 Å². The first kappa shape index (κ1) is 21.3. The first-order valence-electron chi connectivity index (χ1n) is 9.76. The molecule has 0 radical (unpaired) electrons. The minimum atomic E-state index is -3.74. The molecule has 0 aliphatic carbocycles. The summed E-state index contributed by atoms with van der Waals surface area (Å²) in [6.07, 6.45) is 0. The summed E-state index contributed by atoms with van der Waals surface area (Å²) in [6.45, 7) is 9.78. The van der Waals surface area contributed by atoms with Crippen molar-refractivity contribution in [2.75, 3.05) is 36.4 Å². The third-order valence-corrected chi connectivity index (χ3v) is 6.71. The van der Waals surface area contributed by atoms with Crippen LogP contribution in [-0.4, -0.2) is 46.5 Å². The second-order valence-electron chi connectivity index (χ2n) is 7.64. The highest BCUT2D eigenvalue weighted by atomic mass is 32.2. The average molecular weight is 418 g/mol. The zero-order chi connectivity index (χ0) is 21.2. The van der Waals surface area contributed by atoms with Crippen LogP contribution in [0.5, 0.6) is 0 Å². The van der Waals surface area contributed by atoms with E-state index in [-0.39, 0.29) is 16.8 Å². The first-order valence-corrected chi connectivity index (χ1v) is 11.3. The van der Waals surface area contributed by atoms with E-state index in [0.29, 0.717) is 5.69 Å². The molecule has 7 nitrogen and oxygen atoms in total. The predicted molar refractivity (Wildman–Crippen MR) is 115 cm³/mol. The van der Waals surface area contributed by atoms with Gasteiger partial charge in [-0.3, -0.25) is 4.79 Å². The predicted octanol–water partition coefficient (Wildman–Crippen LogP) is 0.683. The smallest absolute Gasteiger partial charge is 0.282 e. The maximum absolute atomic E-state index is 12.7. The molecule has 8 heteroatoms. The number of nitrogens with zero attached hydrogens (tertiary/aromatic N) is 1. The first-order chi connectivity index (χ1) is 13.7. The molecule has 1 fully saturated rings. The molecule has 2 aromatic carbocycles. The van der Waals surface area contributed by atoms with Crippen molar-refractivity contribution in [1.29, 1.82) is 0 Å². The van der Waals surface area contributed by atoms with Crippen molar-refractivity contribution in [1.82, 2.24) is 0 Å². The Balaban J connectivity index is 1.58. The lowest BCUT2D eigenvalue weighted by Crippen LogP contribution is -3.19. The molecular weight excluding hydrogens is 388 g/mol. The maximum Gasteiger partial charge on any atom is 0.282 e. The number of nitrogens with two attached hydrogens (primary N) is 1. The molecule has 1 aliphatic heterocycles. The van der Waals surface area contributed by atoms with Crippen LogP contribution < -0.4 is 20.3 Å². The number of quaternary nitrogens is 1. The summed E-state index contributed by atoms with van der Waals surface area (Å²) in [5.41, 5.74) is 4.43. The van der Waals surface area contributed by atoms with Gasteiger partial charge in [0.05, 0.1) is 31.1 Å². The lowest BCUT2D eigenvalue weighted by Gasteiger charge is -2.36. The molecule has 0 aromatic heterocycles. The zero-order valence-electron chi connectivity index (χ0n) is 17.1. The van der Waals surface area contributed by atoms with Crippen LogP contribution in [0.4, 0.5) is 11.4 Å². The number of anilines is 2. The van der Waals surface area contributed by atoms with Crippen molar-refractivity contribution in [3.8, 4) is 0 Å². The third-order valence-electron chi connectivity index (χ3n) is 5.78. The summed E-state index contributed by atoms with van der Waals surface area (Å²) < 4.78 is 22.7. The highest BCUT2D eigenvalue weighted by molar-refractivity contribution is 7.89. The Bertz CT molecular complexity index is 981. The lowest BCUT2D eigenvalue weighted by molar-refractivity contribution is -0.914. The van der Waals surface area contributed by atoms with E-state index < -0.39 is 10.0 Å². The fraction of sp³-hybridized carbons (Fsp3) is 0.381. The van der Waals surface area contributed by atoms with Crippen LogP contribution in [0.1, 0.15) is 18.1 Å². The Kier molecular flexibility index (Phi) is 6.26. The van der Waals surface area contributed by atoms with Gasteiger partial charge >= 0.3 is 0 Å². The number of aryl methyl sites for hydroxylation is 1. The minimum Gasteiger partial charge on any atom is -0.360 e. The van der Waals surface area contributed by atoms with E-state index in [1.54, 1.807) is 12.1 Å². The maximum atomic E-state index is 12.7. The van der Waals surface area contributed by atoms with Gasteiger partial charge in [0.2, 0.25) is 10.0 Å². The molecule has 29 heavy (non-hydrogen) atoms. The van der Waals surface area contributed by atoms with Gasteiger partial charge in [-0.2, -0.15) is 0 Å². The standard InChI is InChI=1S/C21H28N4O3S/c1-15-5-4-6-20(16(15)2)25-13-11-24(12-14-25)17(3)21(26)23-18-7-9-19(10-8-18)29(22,27)28/h4-10,17H,11-14H2,1-3H3,(H,23,26)(H2,22,27,28)/p+1/t17-/m0/s1. The quantitative estimate of drug-likeness (QED) is 0.667. The van der Waals surface area contributed by atoms with Crippen LogP contribution in [0.2, 0.25) is 0 Å². The zero-order valence-corrected chi connectivity index (χ0v) is 17.9. The summed E-state index contributed by atoms with van der Waals surface area (Å²) in [5.74, 6) is -0.0801. The van der Waals surface area contributed by atoms with Gasteiger partial charge in [-0.15, -0.1) is 0 Å². The van der Waals surface area contributed by atoms with Crippen LogP contribution in [0, 0.1) is 13.8 Å². The summed E-state index contributed by atoms with van der Waals surface area (Å²) in [5, 5.41) is 7.97. The fourth-order valence-corrected chi connectivity index (χ4v) is 4.23. The number of carbonyl (C=O) groups is 1. The van der Waals surface area contributed by atoms with Gasteiger partial charge in [0.15, 0.2) is 6.04 Å². The monoisotopic (exact) mass is 417 g/mol. The summed E-state index contributed by atoms with van der Waals surface area (Å²) in [4.78, 5) is 16.3. The van der Waals surface area contributed by atoms with E-state index in [9.17, 15) is 13.2 Å². The molecule has 0 spiro atoms. The van der Waals surface area contributed by atoms with Crippen molar-refractivity contribution >= 4 is 27.3 Å². The van der Waals surface area contributed by atoms with Crippen molar-refractivity contribution in [3.05, 3.63) is 53.6 Å².